The molecular weight excluding hydrogens is 260 g/mol. The average Bonchev–Trinajstić information content (AvgIpc) is 2.74. The Morgan fingerprint density at radius 3 is 2.19 bits per heavy atom. The van der Waals surface area contributed by atoms with E-state index in [1.54, 1.807) is 0 Å². The highest BCUT2D eigenvalue weighted by Crippen LogP contribution is 2.36. The first-order valence-electron chi connectivity index (χ1n) is 8.93. The summed E-state index contributed by atoms with van der Waals surface area (Å²) in [6, 6.07) is 0.458. The lowest BCUT2D eigenvalue weighted by Gasteiger charge is -2.41. The third-order valence-corrected chi connectivity index (χ3v) is 5.56. The van der Waals surface area contributed by atoms with Gasteiger partial charge in [-0.25, -0.2) is 0 Å². The van der Waals surface area contributed by atoms with E-state index in [0.717, 1.165) is 18.3 Å². The van der Waals surface area contributed by atoms with Crippen molar-refractivity contribution < 1.29 is 4.79 Å². The molecule has 5 unspecified atom stereocenters. The Kier molecular flexibility index (Phi) is 5.34. The molecule has 0 bridgehead atoms. The third kappa shape index (κ3) is 3.44. The molecule has 2 rings (SSSR count). The predicted octanol–water partition coefficient (Wildman–Crippen LogP) is 3.64. The van der Waals surface area contributed by atoms with E-state index in [9.17, 15) is 4.79 Å². The molecule has 2 aliphatic rings. The maximum atomic E-state index is 13.0. The molecule has 1 aliphatic carbocycles. The van der Waals surface area contributed by atoms with Crippen LogP contribution in [0.2, 0.25) is 0 Å². The molecule has 0 radical (unpaired) electrons. The van der Waals surface area contributed by atoms with Crippen molar-refractivity contribution >= 4 is 5.91 Å². The zero-order valence-corrected chi connectivity index (χ0v) is 14.7. The van der Waals surface area contributed by atoms with Crippen LogP contribution in [0.1, 0.15) is 67.2 Å². The number of hydrogen-bond donors (Lipinski definition) is 1. The minimum atomic E-state index is 0.0231. The van der Waals surface area contributed by atoms with E-state index in [2.05, 4.69) is 51.8 Å². The van der Waals surface area contributed by atoms with E-state index < -0.39 is 0 Å². The zero-order valence-electron chi connectivity index (χ0n) is 14.7. The van der Waals surface area contributed by atoms with Crippen molar-refractivity contribution in [2.45, 2.75) is 85.5 Å². The van der Waals surface area contributed by atoms with Crippen molar-refractivity contribution in [3.63, 3.8) is 0 Å². The fourth-order valence-electron chi connectivity index (χ4n) is 4.33. The van der Waals surface area contributed by atoms with Crippen LogP contribution in [0.15, 0.2) is 0 Å². The summed E-state index contributed by atoms with van der Waals surface area (Å²) in [5.74, 6) is 2.72. The summed E-state index contributed by atoms with van der Waals surface area (Å²) in [6.07, 6.45) is 4.94. The van der Waals surface area contributed by atoms with Gasteiger partial charge in [0.1, 0.15) is 0 Å². The van der Waals surface area contributed by atoms with Gasteiger partial charge in [0.15, 0.2) is 0 Å². The summed E-state index contributed by atoms with van der Waals surface area (Å²) in [6.45, 7) is 13.5. The monoisotopic (exact) mass is 294 g/mol. The summed E-state index contributed by atoms with van der Waals surface area (Å²) < 4.78 is 0. The molecule has 1 amide bonds. The minimum absolute atomic E-state index is 0.0231. The van der Waals surface area contributed by atoms with Gasteiger partial charge in [0.05, 0.1) is 12.2 Å². The first-order chi connectivity index (χ1) is 9.85. The van der Waals surface area contributed by atoms with Crippen LogP contribution in [0, 0.1) is 23.7 Å². The van der Waals surface area contributed by atoms with Crippen molar-refractivity contribution in [3.8, 4) is 0 Å². The van der Waals surface area contributed by atoms with Gasteiger partial charge in [0, 0.05) is 6.04 Å². The van der Waals surface area contributed by atoms with Crippen molar-refractivity contribution in [2.75, 3.05) is 0 Å². The molecule has 1 N–H and O–H groups in total. The molecule has 0 spiro atoms. The van der Waals surface area contributed by atoms with Gasteiger partial charge in [0.25, 0.3) is 0 Å². The van der Waals surface area contributed by atoms with E-state index in [1.807, 2.05) is 0 Å². The van der Waals surface area contributed by atoms with E-state index in [4.69, 9.17) is 0 Å². The van der Waals surface area contributed by atoms with Crippen molar-refractivity contribution in [2.24, 2.45) is 23.7 Å². The smallest absolute Gasteiger partial charge is 0.241 e. The van der Waals surface area contributed by atoms with E-state index >= 15 is 0 Å². The zero-order chi connectivity index (χ0) is 15.7. The second-order valence-corrected chi connectivity index (χ2v) is 8.04. The Bertz CT molecular complexity index is 358. The average molecular weight is 294 g/mol. The minimum Gasteiger partial charge on any atom is -0.323 e. The molecule has 0 aromatic rings. The van der Waals surface area contributed by atoms with Gasteiger partial charge in [-0.3, -0.25) is 10.1 Å². The molecule has 1 aliphatic heterocycles. The summed E-state index contributed by atoms with van der Waals surface area (Å²) in [7, 11) is 0. The van der Waals surface area contributed by atoms with Crippen molar-refractivity contribution in [1.82, 2.24) is 10.2 Å². The van der Waals surface area contributed by atoms with E-state index in [1.165, 1.54) is 19.3 Å². The molecule has 3 nitrogen and oxygen atoms in total. The third-order valence-electron chi connectivity index (χ3n) is 5.56. The molecule has 0 aromatic carbocycles. The molecule has 5 atom stereocenters. The molecule has 1 saturated heterocycles. The molecule has 122 valence electrons. The molecule has 1 heterocycles. The molecule has 21 heavy (non-hydrogen) atoms. The van der Waals surface area contributed by atoms with Crippen molar-refractivity contribution in [1.29, 1.82) is 0 Å². The molecule has 3 heteroatoms. The van der Waals surface area contributed by atoms with Gasteiger partial charge in [-0.15, -0.1) is 0 Å². The van der Waals surface area contributed by atoms with Gasteiger partial charge in [-0.1, -0.05) is 48.0 Å². The summed E-state index contributed by atoms with van der Waals surface area (Å²) >= 11 is 0. The fraction of sp³-hybridized carbons (Fsp3) is 0.944. The lowest BCUT2D eigenvalue weighted by molar-refractivity contribution is -0.135. The van der Waals surface area contributed by atoms with Crippen LogP contribution < -0.4 is 5.32 Å². The van der Waals surface area contributed by atoms with Crippen LogP contribution in [0.25, 0.3) is 0 Å². The highest BCUT2D eigenvalue weighted by atomic mass is 16.2. The van der Waals surface area contributed by atoms with Gasteiger partial charge in [-0.05, 0) is 42.9 Å². The highest BCUT2D eigenvalue weighted by Gasteiger charge is 2.46. The number of rotatable bonds is 4. The van der Waals surface area contributed by atoms with E-state index in [0.29, 0.717) is 23.8 Å². The second-order valence-electron chi connectivity index (χ2n) is 8.04. The summed E-state index contributed by atoms with van der Waals surface area (Å²) in [4.78, 5) is 15.2. The Balaban J connectivity index is 2.20. The van der Waals surface area contributed by atoms with Crippen LogP contribution in [-0.2, 0) is 4.79 Å². The second kappa shape index (κ2) is 6.68. The SMILES string of the molecule is CCC(C)C1NC(C(C)C)N(C2CC(C)CC(C)C2)C1=O. The number of nitrogens with zero attached hydrogens (tertiary/aromatic N) is 1. The summed E-state index contributed by atoms with van der Waals surface area (Å²) in [5.41, 5.74) is 0. The number of carbonyl (C=O) groups is 1. The maximum absolute atomic E-state index is 13.0. The van der Waals surface area contributed by atoms with Gasteiger partial charge in [-0.2, -0.15) is 0 Å². The topological polar surface area (TPSA) is 32.3 Å². The Morgan fingerprint density at radius 1 is 1.14 bits per heavy atom. The van der Waals surface area contributed by atoms with Gasteiger partial charge in [0.2, 0.25) is 5.91 Å². The normalized spacial score (nSPS) is 39.1. The van der Waals surface area contributed by atoms with Gasteiger partial charge >= 0.3 is 0 Å². The fourth-order valence-corrected chi connectivity index (χ4v) is 4.33. The number of nitrogens with one attached hydrogen (secondary N) is 1. The van der Waals surface area contributed by atoms with Crippen LogP contribution in [0.5, 0.6) is 0 Å². The highest BCUT2D eigenvalue weighted by molar-refractivity contribution is 5.85. The molecule has 0 aromatic heterocycles. The molecule has 1 saturated carbocycles. The number of hydrogen-bond acceptors (Lipinski definition) is 2. The molecular formula is C18H34N2O. The first-order valence-corrected chi connectivity index (χ1v) is 8.93. The van der Waals surface area contributed by atoms with Gasteiger partial charge < -0.3 is 4.90 Å². The largest absolute Gasteiger partial charge is 0.323 e. The van der Waals surface area contributed by atoms with Crippen LogP contribution >= 0.6 is 0 Å². The maximum Gasteiger partial charge on any atom is 0.241 e. The Morgan fingerprint density at radius 2 is 1.71 bits per heavy atom. The first kappa shape index (κ1) is 16.8. The Labute approximate surface area is 130 Å². The number of carbonyl (C=O) groups excluding carboxylic acids is 1. The van der Waals surface area contributed by atoms with E-state index in [-0.39, 0.29) is 12.2 Å². The van der Waals surface area contributed by atoms with Crippen molar-refractivity contribution in [3.05, 3.63) is 0 Å². The lowest BCUT2D eigenvalue weighted by atomic mass is 9.79. The van der Waals surface area contributed by atoms with Crippen LogP contribution in [0.4, 0.5) is 0 Å². The quantitative estimate of drug-likeness (QED) is 0.858. The molecule has 2 fully saturated rings. The summed E-state index contributed by atoms with van der Waals surface area (Å²) in [5, 5.41) is 3.64. The Hall–Kier alpha value is -0.570. The van der Waals surface area contributed by atoms with Crippen LogP contribution in [0.3, 0.4) is 0 Å². The predicted molar refractivity (Wildman–Crippen MR) is 87.8 cm³/mol. The standard InChI is InChI=1S/C18H34N2O/c1-7-14(6)16-18(21)20(17(19-16)11(2)3)15-9-12(4)8-13(5)10-15/h11-17,19H,7-10H2,1-6H3. The number of amides is 1. The van der Waals surface area contributed by atoms with Crippen LogP contribution in [-0.4, -0.2) is 29.1 Å². The lowest BCUT2D eigenvalue weighted by Crippen LogP contribution is -2.49.